The molecular formula is C11H17N5O2S2. The van der Waals surface area contributed by atoms with Crippen LogP contribution in [0.1, 0.15) is 23.1 Å². The first-order valence-electron chi connectivity index (χ1n) is 6.14. The molecule has 0 atom stereocenters. The predicted octanol–water partition coefficient (Wildman–Crippen LogP) is 1.39. The maximum absolute atomic E-state index is 12.3. The summed E-state index contributed by atoms with van der Waals surface area (Å²) in [5, 5.41) is 9.85. The Kier molecular flexibility index (Phi) is 4.41. The van der Waals surface area contributed by atoms with E-state index in [1.165, 1.54) is 17.5 Å². The molecule has 2 rings (SSSR count). The fourth-order valence-electron chi connectivity index (χ4n) is 1.60. The summed E-state index contributed by atoms with van der Waals surface area (Å²) >= 11 is 1.31. The topological polar surface area (TPSA) is 99.8 Å². The fourth-order valence-corrected chi connectivity index (χ4v) is 3.78. The number of nitrogens with zero attached hydrogens (tertiary/aromatic N) is 2. The molecule has 7 nitrogen and oxygen atoms in total. The largest absolute Gasteiger partial charge is 0.313 e. The number of hydrogen-bond donors (Lipinski definition) is 3. The van der Waals surface area contributed by atoms with E-state index in [0.29, 0.717) is 17.2 Å². The van der Waals surface area contributed by atoms with E-state index >= 15 is 0 Å². The second kappa shape index (κ2) is 5.90. The van der Waals surface area contributed by atoms with Crippen molar-refractivity contribution >= 4 is 26.5 Å². The summed E-state index contributed by atoms with van der Waals surface area (Å²) in [7, 11) is -3.69. The number of rotatable bonds is 6. The van der Waals surface area contributed by atoms with Gasteiger partial charge in [0.1, 0.15) is 0 Å². The summed E-state index contributed by atoms with van der Waals surface area (Å²) < 4.78 is 27.1. The van der Waals surface area contributed by atoms with Crippen LogP contribution in [0.4, 0.5) is 5.13 Å². The van der Waals surface area contributed by atoms with E-state index in [-0.39, 0.29) is 5.03 Å². The molecule has 0 amide bonds. The van der Waals surface area contributed by atoms with Crippen molar-refractivity contribution in [2.75, 3.05) is 11.3 Å². The van der Waals surface area contributed by atoms with Gasteiger partial charge < -0.3 is 5.32 Å². The number of hydrogen-bond acceptors (Lipinski definition) is 6. The van der Waals surface area contributed by atoms with E-state index in [1.54, 1.807) is 0 Å². The van der Waals surface area contributed by atoms with Crippen molar-refractivity contribution in [3.63, 3.8) is 0 Å². The third kappa shape index (κ3) is 3.17. The number of anilines is 1. The lowest BCUT2D eigenvalue weighted by Crippen LogP contribution is -2.18. The Bertz CT molecular complexity index is 670. The highest BCUT2D eigenvalue weighted by atomic mass is 32.2. The molecule has 0 bridgehead atoms. The van der Waals surface area contributed by atoms with E-state index < -0.39 is 10.0 Å². The van der Waals surface area contributed by atoms with Crippen LogP contribution in [-0.2, 0) is 16.6 Å². The number of aromatic amines is 1. The number of nitrogens with one attached hydrogen (secondary N) is 3. The normalized spacial score (nSPS) is 11.8. The molecule has 0 aliphatic rings. The Morgan fingerprint density at radius 2 is 2.15 bits per heavy atom. The van der Waals surface area contributed by atoms with Crippen LogP contribution in [0.25, 0.3) is 0 Å². The minimum atomic E-state index is -3.69. The van der Waals surface area contributed by atoms with Crippen LogP contribution >= 0.6 is 11.3 Å². The van der Waals surface area contributed by atoms with Crippen molar-refractivity contribution in [3.05, 3.63) is 22.3 Å². The van der Waals surface area contributed by atoms with Crippen LogP contribution in [-0.4, -0.2) is 30.1 Å². The maximum atomic E-state index is 12.3. The lowest BCUT2D eigenvalue weighted by Gasteiger charge is -2.06. The monoisotopic (exact) mass is 315 g/mol. The summed E-state index contributed by atoms with van der Waals surface area (Å²) in [6.07, 6.45) is 1.51. The highest BCUT2D eigenvalue weighted by Gasteiger charge is 2.22. The van der Waals surface area contributed by atoms with Crippen LogP contribution in [0.5, 0.6) is 0 Å². The van der Waals surface area contributed by atoms with Gasteiger partial charge in [-0.05, 0) is 20.4 Å². The summed E-state index contributed by atoms with van der Waals surface area (Å²) in [4.78, 5) is 5.16. The lowest BCUT2D eigenvalue weighted by molar-refractivity contribution is 0.594. The third-order valence-electron chi connectivity index (χ3n) is 2.76. The first-order valence-corrected chi connectivity index (χ1v) is 8.43. The van der Waals surface area contributed by atoms with Gasteiger partial charge in [-0.15, -0.1) is 11.3 Å². The standard InChI is InChI=1S/C11H17N5O2S2/c1-4-12-5-9-6-13-15-10(9)20(17,18)16-11-14-7(2)8(3)19-11/h6,12H,4-5H2,1-3H3,(H,13,15)(H,14,16). The predicted molar refractivity (Wildman–Crippen MR) is 78.4 cm³/mol. The van der Waals surface area contributed by atoms with Crippen molar-refractivity contribution in [2.45, 2.75) is 32.3 Å². The first kappa shape index (κ1) is 14.9. The molecule has 0 unspecified atom stereocenters. The second-order valence-electron chi connectivity index (χ2n) is 4.27. The van der Waals surface area contributed by atoms with Gasteiger partial charge >= 0.3 is 0 Å². The number of H-pyrrole nitrogens is 1. The van der Waals surface area contributed by atoms with Gasteiger partial charge in [0.25, 0.3) is 10.0 Å². The molecule has 0 saturated heterocycles. The first-order chi connectivity index (χ1) is 9.44. The summed E-state index contributed by atoms with van der Waals surface area (Å²) in [5.41, 5.74) is 1.43. The molecule has 0 aliphatic carbocycles. The molecule has 2 heterocycles. The SMILES string of the molecule is CCNCc1cn[nH]c1S(=O)(=O)Nc1nc(C)c(C)s1. The smallest absolute Gasteiger partial charge is 0.280 e. The van der Waals surface area contributed by atoms with Crippen LogP contribution in [0.15, 0.2) is 11.2 Å². The zero-order valence-corrected chi connectivity index (χ0v) is 13.2. The van der Waals surface area contributed by atoms with Crippen molar-refractivity contribution in [1.29, 1.82) is 0 Å². The molecular weight excluding hydrogens is 298 g/mol. The minimum Gasteiger partial charge on any atom is -0.313 e. The van der Waals surface area contributed by atoms with E-state index in [2.05, 4.69) is 25.2 Å². The number of aryl methyl sites for hydroxylation is 2. The molecule has 3 N–H and O–H groups in total. The number of thiazole rings is 1. The third-order valence-corrected chi connectivity index (χ3v) is 5.23. The molecule has 0 aliphatic heterocycles. The van der Waals surface area contributed by atoms with Gasteiger partial charge in [-0.25, -0.2) is 4.98 Å². The fraction of sp³-hybridized carbons (Fsp3) is 0.455. The van der Waals surface area contributed by atoms with Crippen LogP contribution < -0.4 is 10.0 Å². The van der Waals surface area contributed by atoms with Crippen molar-refractivity contribution in [1.82, 2.24) is 20.5 Å². The van der Waals surface area contributed by atoms with Gasteiger partial charge in [-0.2, -0.15) is 13.5 Å². The summed E-state index contributed by atoms with van der Waals surface area (Å²) in [6.45, 7) is 6.89. The van der Waals surface area contributed by atoms with Gasteiger partial charge in [0, 0.05) is 17.0 Å². The van der Waals surface area contributed by atoms with Gasteiger partial charge in [0.2, 0.25) is 0 Å². The van der Waals surface area contributed by atoms with Gasteiger partial charge in [0.05, 0.1) is 11.9 Å². The molecule has 0 saturated carbocycles. The average Bonchev–Trinajstić information content (AvgIpc) is 2.94. The Labute approximate surface area is 121 Å². The molecule has 0 spiro atoms. The zero-order valence-electron chi connectivity index (χ0n) is 11.5. The molecule has 0 radical (unpaired) electrons. The lowest BCUT2D eigenvalue weighted by atomic mass is 10.3. The number of aromatic nitrogens is 3. The Hall–Kier alpha value is -1.45. The van der Waals surface area contributed by atoms with Crippen LogP contribution in [0.2, 0.25) is 0 Å². The van der Waals surface area contributed by atoms with Crippen LogP contribution in [0, 0.1) is 13.8 Å². The summed E-state index contributed by atoms with van der Waals surface area (Å²) in [5.74, 6) is 0. The van der Waals surface area contributed by atoms with Crippen molar-refractivity contribution < 1.29 is 8.42 Å². The van der Waals surface area contributed by atoms with E-state index in [1.807, 2.05) is 20.8 Å². The van der Waals surface area contributed by atoms with Gasteiger partial charge in [0.15, 0.2) is 10.2 Å². The number of sulfonamides is 1. The zero-order chi connectivity index (χ0) is 14.8. The summed E-state index contributed by atoms with van der Waals surface area (Å²) in [6, 6.07) is 0. The highest BCUT2D eigenvalue weighted by molar-refractivity contribution is 7.92. The Morgan fingerprint density at radius 3 is 2.75 bits per heavy atom. The quantitative estimate of drug-likeness (QED) is 0.748. The van der Waals surface area contributed by atoms with Crippen molar-refractivity contribution in [2.24, 2.45) is 0 Å². The molecule has 2 aromatic rings. The molecule has 2 aromatic heterocycles. The van der Waals surface area contributed by atoms with Crippen molar-refractivity contribution in [3.8, 4) is 0 Å². The van der Waals surface area contributed by atoms with Gasteiger partial charge in [-0.1, -0.05) is 6.92 Å². The van der Waals surface area contributed by atoms with E-state index in [0.717, 1.165) is 17.1 Å². The Morgan fingerprint density at radius 1 is 1.40 bits per heavy atom. The maximum Gasteiger partial charge on any atom is 0.280 e. The molecule has 0 fully saturated rings. The molecule has 9 heteroatoms. The minimum absolute atomic E-state index is 0.0731. The average molecular weight is 315 g/mol. The molecule has 110 valence electrons. The van der Waals surface area contributed by atoms with E-state index in [4.69, 9.17) is 0 Å². The molecule has 0 aromatic carbocycles. The highest BCUT2D eigenvalue weighted by Crippen LogP contribution is 2.24. The Balaban J connectivity index is 2.24. The second-order valence-corrected chi connectivity index (χ2v) is 7.09. The molecule has 20 heavy (non-hydrogen) atoms. The van der Waals surface area contributed by atoms with Gasteiger partial charge in [-0.3, -0.25) is 9.82 Å². The van der Waals surface area contributed by atoms with E-state index in [9.17, 15) is 8.42 Å². The van der Waals surface area contributed by atoms with Crippen LogP contribution in [0.3, 0.4) is 0 Å².